The van der Waals surface area contributed by atoms with Crippen molar-refractivity contribution in [3.8, 4) is 0 Å². The highest BCUT2D eigenvalue weighted by molar-refractivity contribution is 7.99. The molecule has 0 aromatic carbocycles. The number of thioether (sulfide) groups is 1. The Balaban J connectivity index is 2.44. The van der Waals surface area contributed by atoms with Gasteiger partial charge in [0.05, 0.1) is 12.7 Å². The van der Waals surface area contributed by atoms with Crippen LogP contribution in [0.2, 0.25) is 0 Å². The fourth-order valence-electron chi connectivity index (χ4n) is 1.25. The second kappa shape index (κ2) is 6.75. The molecular weight excluding hydrogens is 226 g/mol. The maximum absolute atomic E-state index is 11.4. The van der Waals surface area contributed by atoms with E-state index in [0.717, 1.165) is 17.3 Å². The topological polar surface area (TPSA) is 59.9 Å². The smallest absolute Gasteiger partial charge is 0.343 e. The fraction of sp³-hybridized carbons (Fsp3) is 0.800. The van der Waals surface area contributed by atoms with Crippen LogP contribution < -0.4 is 5.69 Å². The molecule has 0 saturated heterocycles. The summed E-state index contributed by atoms with van der Waals surface area (Å²) >= 11 is 1.55. The molecule has 0 aliphatic heterocycles. The van der Waals surface area contributed by atoms with Gasteiger partial charge in [-0.15, -0.1) is 5.10 Å². The molecule has 1 rings (SSSR count). The third-order valence-corrected chi connectivity index (χ3v) is 2.88. The summed E-state index contributed by atoms with van der Waals surface area (Å²) in [6, 6.07) is 0. The van der Waals surface area contributed by atoms with Gasteiger partial charge in [0.1, 0.15) is 0 Å². The van der Waals surface area contributed by atoms with Crippen molar-refractivity contribution in [1.82, 2.24) is 14.8 Å². The Morgan fingerprint density at radius 1 is 1.56 bits per heavy atom. The molecule has 0 amide bonds. The maximum atomic E-state index is 11.4. The van der Waals surface area contributed by atoms with Crippen LogP contribution in [-0.4, -0.2) is 33.2 Å². The number of rotatable bonds is 7. The van der Waals surface area contributed by atoms with Gasteiger partial charge in [0.2, 0.25) is 0 Å². The SMILES string of the molecule is CCCn1c(SCCOC(C)C)n[nH]c1=O. The van der Waals surface area contributed by atoms with Crippen LogP contribution >= 0.6 is 11.8 Å². The van der Waals surface area contributed by atoms with E-state index in [9.17, 15) is 4.79 Å². The number of nitrogens with zero attached hydrogens (tertiary/aromatic N) is 2. The highest BCUT2D eigenvalue weighted by Crippen LogP contribution is 2.13. The van der Waals surface area contributed by atoms with E-state index in [1.807, 2.05) is 20.8 Å². The van der Waals surface area contributed by atoms with Crippen LogP contribution in [-0.2, 0) is 11.3 Å². The van der Waals surface area contributed by atoms with Crippen molar-refractivity contribution in [2.75, 3.05) is 12.4 Å². The lowest BCUT2D eigenvalue weighted by Crippen LogP contribution is -2.17. The molecule has 1 aromatic rings. The van der Waals surface area contributed by atoms with Crippen LogP contribution in [0.15, 0.2) is 9.95 Å². The number of aromatic nitrogens is 3. The molecule has 0 radical (unpaired) electrons. The van der Waals surface area contributed by atoms with Gasteiger partial charge >= 0.3 is 5.69 Å². The van der Waals surface area contributed by atoms with Crippen LogP contribution in [0.1, 0.15) is 27.2 Å². The highest BCUT2D eigenvalue weighted by atomic mass is 32.2. The first-order chi connectivity index (χ1) is 7.65. The molecule has 0 unspecified atom stereocenters. The molecule has 5 nitrogen and oxygen atoms in total. The monoisotopic (exact) mass is 245 g/mol. The van der Waals surface area contributed by atoms with Gasteiger partial charge in [-0.05, 0) is 20.3 Å². The van der Waals surface area contributed by atoms with Crippen LogP contribution in [0.3, 0.4) is 0 Å². The number of aromatic amines is 1. The van der Waals surface area contributed by atoms with Gasteiger partial charge in [-0.3, -0.25) is 4.57 Å². The van der Waals surface area contributed by atoms with E-state index in [1.54, 1.807) is 16.3 Å². The molecule has 6 heteroatoms. The van der Waals surface area contributed by atoms with E-state index >= 15 is 0 Å². The minimum Gasteiger partial charge on any atom is -0.378 e. The summed E-state index contributed by atoms with van der Waals surface area (Å²) in [4.78, 5) is 11.4. The molecule has 0 aliphatic carbocycles. The molecule has 1 aromatic heterocycles. The predicted octanol–water partition coefficient (Wildman–Crippen LogP) is 1.50. The number of ether oxygens (including phenoxy) is 1. The summed E-state index contributed by atoms with van der Waals surface area (Å²) in [5.41, 5.74) is -0.130. The molecule has 92 valence electrons. The lowest BCUT2D eigenvalue weighted by atomic mass is 10.5. The first-order valence-electron chi connectivity index (χ1n) is 5.54. The molecule has 0 spiro atoms. The van der Waals surface area contributed by atoms with Crippen molar-refractivity contribution >= 4 is 11.8 Å². The average Bonchev–Trinajstić information content (AvgIpc) is 2.56. The molecule has 1 heterocycles. The third kappa shape index (κ3) is 4.02. The van der Waals surface area contributed by atoms with Crippen LogP contribution in [0, 0.1) is 0 Å². The Morgan fingerprint density at radius 3 is 2.94 bits per heavy atom. The fourth-order valence-corrected chi connectivity index (χ4v) is 2.05. The molecule has 16 heavy (non-hydrogen) atoms. The lowest BCUT2D eigenvalue weighted by Gasteiger charge is -2.07. The summed E-state index contributed by atoms with van der Waals surface area (Å²) in [5, 5.41) is 7.20. The minimum atomic E-state index is -0.130. The molecule has 0 aliphatic rings. The van der Waals surface area contributed by atoms with Crippen LogP contribution in [0.25, 0.3) is 0 Å². The number of H-pyrrole nitrogens is 1. The van der Waals surface area contributed by atoms with Gasteiger partial charge in [0.15, 0.2) is 5.16 Å². The molecule has 0 fully saturated rings. The summed E-state index contributed by atoms with van der Waals surface area (Å²) in [6.45, 7) is 7.44. The second-order valence-corrected chi connectivity index (χ2v) is 4.79. The van der Waals surface area contributed by atoms with Crippen molar-refractivity contribution in [2.24, 2.45) is 0 Å². The maximum Gasteiger partial charge on any atom is 0.343 e. The normalized spacial score (nSPS) is 11.2. The highest BCUT2D eigenvalue weighted by Gasteiger charge is 2.07. The Hall–Kier alpha value is -0.750. The van der Waals surface area contributed by atoms with Gasteiger partial charge in [-0.1, -0.05) is 18.7 Å². The molecule has 0 bridgehead atoms. The first-order valence-corrected chi connectivity index (χ1v) is 6.53. The quantitative estimate of drug-likeness (QED) is 0.584. The van der Waals surface area contributed by atoms with Crippen molar-refractivity contribution in [1.29, 1.82) is 0 Å². The first kappa shape index (κ1) is 13.3. The Bertz CT molecular complexity index is 359. The van der Waals surface area contributed by atoms with E-state index in [0.29, 0.717) is 13.2 Å². The van der Waals surface area contributed by atoms with Crippen molar-refractivity contribution < 1.29 is 4.74 Å². The zero-order chi connectivity index (χ0) is 12.0. The van der Waals surface area contributed by atoms with E-state index in [1.165, 1.54) is 0 Å². The molecule has 0 saturated carbocycles. The van der Waals surface area contributed by atoms with E-state index in [-0.39, 0.29) is 11.8 Å². The zero-order valence-electron chi connectivity index (χ0n) is 10.0. The minimum absolute atomic E-state index is 0.130. The number of hydrogen-bond acceptors (Lipinski definition) is 4. The van der Waals surface area contributed by atoms with Gasteiger partial charge in [0, 0.05) is 12.3 Å². The van der Waals surface area contributed by atoms with Gasteiger partial charge in [-0.2, -0.15) is 0 Å². The van der Waals surface area contributed by atoms with E-state index < -0.39 is 0 Å². The van der Waals surface area contributed by atoms with Gasteiger partial charge in [0.25, 0.3) is 0 Å². The summed E-state index contributed by atoms with van der Waals surface area (Å²) < 4.78 is 7.09. The lowest BCUT2D eigenvalue weighted by molar-refractivity contribution is 0.0920. The summed E-state index contributed by atoms with van der Waals surface area (Å²) in [5.74, 6) is 0.812. The Kier molecular flexibility index (Phi) is 5.62. The molecule has 0 atom stereocenters. The van der Waals surface area contributed by atoms with Gasteiger partial charge < -0.3 is 4.74 Å². The van der Waals surface area contributed by atoms with Crippen LogP contribution in [0.5, 0.6) is 0 Å². The van der Waals surface area contributed by atoms with Crippen molar-refractivity contribution in [3.05, 3.63) is 10.5 Å². The Labute approximate surface area is 99.6 Å². The summed E-state index contributed by atoms with van der Waals surface area (Å²) in [6.07, 6.45) is 1.17. The van der Waals surface area contributed by atoms with E-state index in [4.69, 9.17) is 4.74 Å². The van der Waals surface area contributed by atoms with Crippen molar-refractivity contribution in [2.45, 2.75) is 45.0 Å². The van der Waals surface area contributed by atoms with Gasteiger partial charge in [-0.25, -0.2) is 9.89 Å². The van der Waals surface area contributed by atoms with Crippen LogP contribution in [0.4, 0.5) is 0 Å². The zero-order valence-corrected chi connectivity index (χ0v) is 10.8. The summed E-state index contributed by atoms with van der Waals surface area (Å²) in [7, 11) is 0. The molecular formula is C10H19N3O2S. The number of hydrogen-bond donors (Lipinski definition) is 1. The standard InChI is InChI=1S/C10H19N3O2S/c1-4-5-13-9(14)11-12-10(13)16-7-6-15-8(2)3/h8H,4-7H2,1-3H3,(H,11,14). The second-order valence-electron chi connectivity index (χ2n) is 3.73. The average molecular weight is 245 g/mol. The molecule has 1 N–H and O–H groups in total. The number of nitrogens with one attached hydrogen (secondary N) is 1. The Morgan fingerprint density at radius 2 is 2.31 bits per heavy atom. The predicted molar refractivity (Wildman–Crippen MR) is 65.0 cm³/mol. The largest absolute Gasteiger partial charge is 0.378 e. The third-order valence-electron chi connectivity index (χ3n) is 1.94. The van der Waals surface area contributed by atoms with E-state index in [2.05, 4.69) is 10.2 Å². The van der Waals surface area contributed by atoms with Crippen molar-refractivity contribution in [3.63, 3.8) is 0 Å².